The van der Waals surface area contributed by atoms with E-state index in [-0.39, 0.29) is 32.2 Å². The molecule has 0 aromatic heterocycles. The Morgan fingerprint density at radius 2 is 0.633 bits per heavy atom. The van der Waals surface area contributed by atoms with Gasteiger partial charge in [-0.15, -0.1) is 0 Å². The number of aliphatic carboxylic acids is 1. The monoisotopic (exact) mass is 1260 g/mol. The summed E-state index contributed by atoms with van der Waals surface area (Å²) in [4.78, 5) is 37.6. The molecule has 0 saturated heterocycles. The van der Waals surface area contributed by atoms with Crippen LogP contribution in [0.5, 0.6) is 0 Å². The van der Waals surface area contributed by atoms with E-state index in [4.69, 9.17) is 18.9 Å². The van der Waals surface area contributed by atoms with Crippen molar-refractivity contribution in [1.29, 1.82) is 0 Å². The molecule has 2 unspecified atom stereocenters. The fourth-order valence-electron chi connectivity index (χ4n) is 11.1. The summed E-state index contributed by atoms with van der Waals surface area (Å²) in [6.45, 7) is 4.69. The highest BCUT2D eigenvalue weighted by Crippen LogP contribution is 2.19. The van der Waals surface area contributed by atoms with Crippen LogP contribution in [0.15, 0.2) is 85.1 Å². The van der Waals surface area contributed by atoms with Crippen molar-refractivity contribution in [2.75, 3.05) is 47.5 Å². The molecule has 0 fully saturated rings. The molecule has 9 nitrogen and oxygen atoms in total. The van der Waals surface area contributed by atoms with E-state index in [1.165, 1.54) is 244 Å². The van der Waals surface area contributed by atoms with Gasteiger partial charge in [0.15, 0.2) is 12.4 Å². The molecular weight excluding hydrogens is 1110 g/mol. The maximum atomic E-state index is 13.0. The van der Waals surface area contributed by atoms with Crippen molar-refractivity contribution in [3.63, 3.8) is 0 Å². The van der Waals surface area contributed by atoms with Gasteiger partial charge in [-0.1, -0.05) is 356 Å². The number of quaternary nitrogens is 1. The van der Waals surface area contributed by atoms with Crippen molar-refractivity contribution >= 4 is 17.9 Å². The highest BCUT2D eigenvalue weighted by molar-refractivity contribution is 5.70. The zero-order chi connectivity index (χ0) is 65.4. The van der Waals surface area contributed by atoms with Crippen molar-refractivity contribution in [3.05, 3.63) is 85.1 Å². The van der Waals surface area contributed by atoms with Crippen LogP contribution in [-0.4, -0.2) is 82.3 Å². The van der Waals surface area contributed by atoms with Crippen LogP contribution >= 0.6 is 0 Å². The first kappa shape index (κ1) is 86.5. The highest BCUT2D eigenvalue weighted by atomic mass is 16.7. The van der Waals surface area contributed by atoms with Crippen molar-refractivity contribution in [3.8, 4) is 0 Å². The van der Waals surface area contributed by atoms with Gasteiger partial charge in [-0.3, -0.25) is 9.59 Å². The molecule has 9 heteroatoms. The fourth-order valence-corrected chi connectivity index (χ4v) is 11.1. The number of ether oxygens (including phenoxy) is 4. The van der Waals surface area contributed by atoms with Gasteiger partial charge in [0.1, 0.15) is 13.2 Å². The van der Waals surface area contributed by atoms with Crippen molar-refractivity contribution in [2.24, 2.45) is 0 Å². The molecule has 0 bridgehead atoms. The molecule has 2 atom stereocenters. The number of nitrogens with zero attached hydrogens (tertiary/aromatic N) is 1. The molecule has 0 aromatic carbocycles. The summed E-state index contributed by atoms with van der Waals surface area (Å²) in [5.41, 5.74) is 0. The molecule has 0 aromatic rings. The van der Waals surface area contributed by atoms with Gasteiger partial charge in [0, 0.05) is 12.8 Å². The summed E-state index contributed by atoms with van der Waals surface area (Å²) in [6.07, 6.45) is 94.0. The fraction of sp³-hybridized carbons (Fsp3) is 0.790. The Morgan fingerprint density at radius 3 is 0.944 bits per heavy atom. The summed E-state index contributed by atoms with van der Waals surface area (Å²) < 4.78 is 22.9. The first-order chi connectivity index (χ1) is 44.1. The van der Waals surface area contributed by atoms with Crippen LogP contribution in [0, 0.1) is 0 Å². The van der Waals surface area contributed by atoms with E-state index in [0.29, 0.717) is 23.9 Å². The summed E-state index contributed by atoms with van der Waals surface area (Å²) in [6, 6.07) is 0. The van der Waals surface area contributed by atoms with Gasteiger partial charge in [0.2, 0.25) is 0 Å². The van der Waals surface area contributed by atoms with Gasteiger partial charge < -0.3 is 33.3 Å². The standard InChI is InChI=1S/C81H145NO8/c1-6-8-10-12-14-16-18-20-22-24-26-28-30-32-34-35-36-37-38-39-40-41-42-43-44-45-46-48-50-52-54-56-58-60-62-64-66-68-70-72-79(84)90-77(76-89-81(80(85)86)87-74-73-82(3,4)5)75-88-78(83)71-69-67-65-63-61-59-57-55-53-51-49-47-33-31-29-27-25-23-21-19-17-15-13-11-9-7-2/h8,10,14,16,20,22,26,28,32,34,36-37,39-40,77,81H,6-7,9,11-13,15,17-19,21,23-25,27,29-31,33,35,38,41-76H2,1-5H3/b10-8-,16-14-,22-20-,28-26-,34-32-,37-36-,40-39-. The Labute approximate surface area is 557 Å². The van der Waals surface area contributed by atoms with E-state index in [1.54, 1.807) is 0 Å². The summed E-state index contributed by atoms with van der Waals surface area (Å²) >= 11 is 0. The number of carbonyl (C=O) groups is 3. The van der Waals surface area contributed by atoms with E-state index in [1.807, 2.05) is 21.1 Å². The maximum Gasteiger partial charge on any atom is 0.306 e. The Morgan fingerprint density at radius 1 is 0.344 bits per heavy atom. The van der Waals surface area contributed by atoms with Gasteiger partial charge in [0.05, 0.1) is 40.3 Å². The third-order valence-corrected chi connectivity index (χ3v) is 16.9. The Kier molecular flexibility index (Phi) is 68.5. The predicted octanol–water partition coefficient (Wildman–Crippen LogP) is 22.9. The molecular formula is C81H145NO8. The number of carboxylic acid groups (broad SMARTS) is 1. The van der Waals surface area contributed by atoms with E-state index >= 15 is 0 Å². The third-order valence-electron chi connectivity index (χ3n) is 16.9. The average Bonchev–Trinajstić information content (AvgIpc) is 3.65. The molecule has 0 aliphatic heterocycles. The number of carboxylic acids is 1. The minimum Gasteiger partial charge on any atom is -0.545 e. The lowest BCUT2D eigenvalue weighted by molar-refractivity contribution is -0.870. The van der Waals surface area contributed by atoms with Crippen LogP contribution in [0.1, 0.15) is 354 Å². The Hall–Kier alpha value is -3.53. The van der Waals surface area contributed by atoms with Crippen LogP contribution in [-0.2, 0) is 33.3 Å². The first-order valence-corrected chi connectivity index (χ1v) is 38.2. The normalized spacial score (nSPS) is 13.1. The maximum absolute atomic E-state index is 13.0. The number of unbranched alkanes of at least 4 members (excludes halogenated alkanes) is 42. The quantitative estimate of drug-likeness (QED) is 0.0195. The molecule has 0 aliphatic carbocycles. The first-order valence-electron chi connectivity index (χ1n) is 38.2. The lowest BCUT2D eigenvalue weighted by Crippen LogP contribution is -2.44. The number of carbonyl (C=O) groups excluding carboxylic acids is 3. The second-order valence-electron chi connectivity index (χ2n) is 26.9. The number of esters is 2. The summed E-state index contributed by atoms with van der Waals surface area (Å²) in [7, 11) is 5.94. The number of hydrogen-bond acceptors (Lipinski definition) is 8. The summed E-state index contributed by atoms with van der Waals surface area (Å²) in [5, 5.41) is 11.8. The summed E-state index contributed by atoms with van der Waals surface area (Å²) in [5.74, 6) is -2.26. The number of rotatable bonds is 71. The zero-order valence-corrected chi connectivity index (χ0v) is 59.8. The van der Waals surface area contributed by atoms with Crippen molar-refractivity contribution in [2.45, 2.75) is 367 Å². The predicted molar refractivity (Wildman–Crippen MR) is 384 cm³/mol. The molecule has 0 N–H and O–H groups in total. The smallest absolute Gasteiger partial charge is 0.306 e. The number of likely N-dealkylation sites (N-methyl/N-ethyl adjacent to an activating group) is 1. The van der Waals surface area contributed by atoms with Crippen molar-refractivity contribution in [1.82, 2.24) is 0 Å². The second kappa shape index (κ2) is 71.3. The Bertz CT molecular complexity index is 1760. The van der Waals surface area contributed by atoms with Crippen LogP contribution in [0.3, 0.4) is 0 Å². The molecule has 0 radical (unpaired) electrons. The minimum atomic E-state index is -1.62. The Balaban J connectivity index is 4.03. The highest BCUT2D eigenvalue weighted by Gasteiger charge is 2.22. The molecule has 0 amide bonds. The van der Waals surface area contributed by atoms with E-state index in [2.05, 4.69) is 98.9 Å². The lowest BCUT2D eigenvalue weighted by atomic mass is 10.0. The van der Waals surface area contributed by atoms with E-state index in [9.17, 15) is 19.5 Å². The van der Waals surface area contributed by atoms with Gasteiger partial charge in [-0.2, -0.15) is 0 Å². The molecule has 0 aliphatic rings. The van der Waals surface area contributed by atoms with Gasteiger partial charge in [-0.05, 0) is 70.6 Å². The van der Waals surface area contributed by atoms with Gasteiger partial charge >= 0.3 is 11.9 Å². The van der Waals surface area contributed by atoms with Gasteiger partial charge in [0.25, 0.3) is 0 Å². The third kappa shape index (κ3) is 71.9. The van der Waals surface area contributed by atoms with Crippen LogP contribution in [0.4, 0.5) is 0 Å². The largest absolute Gasteiger partial charge is 0.545 e. The number of allylic oxidation sites excluding steroid dienone is 14. The molecule has 522 valence electrons. The van der Waals surface area contributed by atoms with Crippen LogP contribution < -0.4 is 5.11 Å². The molecule has 90 heavy (non-hydrogen) atoms. The van der Waals surface area contributed by atoms with E-state index in [0.717, 1.165) is 77.0 Å². The molecule has 0 spiro atoms. The minimum absolute atomic E-state index is 0.148. The van der Waals surface area contributed by atoms with E-state index < -0.39 is 24.3 Å². The topological polar surface area (TPSA) is 111 Å². The number of hydrogen-bond donors (Lipinski definition) is 0. The van der Waals surface area contributed by atoms with Crippen LogP contribution in [0.25, 0.3) is 0 Å². The molecule has 0 saturated carbocycles. The van der Waals surface area contributed by atoms with Crippen LogP contribution in [0.2, 0.25) is 0 Å². The molecule has 0 heterocycles. The zero-order valence-electron chi connectivity index (χ0n) is 59.8. The second-order valence-corrected chi connectivity index (χ2v) is 26.9. The lowest BCUT2D eigenvalue weighted by Gasteiger charge is -2.26. The van der Waals surface area contributed by atoms with Gasteiger partial charge in [-0.25, -0.2) is 0 Å². The molecule has 0 rings (SSSR count). The average molecular weight is 1260 g/mol. The SMILES string of the molecule is CC/C=C\C/C=C\C/C=C\C/C=C\C/C=C\C/C=C\C/C=C\CCCCCCCCCCCCCCCCCCCC(=O)OC(COC(=O)CCCCCCCCCCCCCCCCCCCCCCCCCCCC)COC(OCC[N+](C)(C)C)C(=O)[O-]. The van der Waals surface area contributed by atoms with Crippen molar-refractivity contribution < 1.29 is 42.9 Å².